The number of hydrogen-bond donors (Lipinski definition) is 2. The third-order valence-corrected chi connectivity index (χ3v) is 5.45. The van der Waals surface area contributed by atoms with Crippen LogP contribution in [0, 0.1) is 5.92 Å². The molecule has 1 aliphatic carbocycles. The molecule has 1 unspecified atom stereocenters. The lowest BCUT2D eigenvalue weighted by Crippen LogP contribution is -2.42. The van der Waals surface area contributed by atoms with Gasteiger partial charge in [-0.15, -0.1) is 0 Å². The molecule has 2 N–H and O–H groups in total. The first-order valence-corrected chi connectivity index (χ1v) is 9.02. The Kier molecular flexibility index (Phi) is 5.51. The smallest absolute Gasteiger partial charge is 0.306 e. The highest BCUT2D eigenvalue weighted by Crippen LogP contribution is 2.34. The summed E-state index contributed by atoms with van der Waals surface area (Å²) in [5, 5.41) is 13.5. The number of carbonyl (C=O) groups is 1. The lowest BCUT2D eigenvalue weighted by Gasteiger charge is -2.29. The Morgan fingerprint density at radius 1 is 1.25 bits per heavy atom. The van der Waals surface area contributed by atoms with Crippen LogP contribution in [-0.4, -0.2) is 43.4 Å². The van der Waals surface area contributed by atoms with E-state index in [-0.39, 0.29) is 5.92 Å². The lowest BCUT2D eigenvalue weighted by molar-refractivity contribution is -0.142. The molecular formula is C18H25ClN2O3. The molecule has 0 bridgehead atoms. The van der Waals surface area contributed by atoms with Crippen LogP contribution < -0.4 is 15.0 Å². The molecule has 0 amide bonds. The van der Waals surface area contributed by atoms with Gasteiger partial charge in [0.25, 0.3) is 0 Å². The molecule has 132 valence electrons. The average molecular weight is 353 g/mol. The van der Waals surface area contributed by atoms with E-state index in [1.54, 1.807) is 7.11 Å². The Morgan fingerprint density at radius 3 is 2.67 bits per heavy atom. The molecule has 1 saturated carbocycles. The Bertz CT molecular complexity index is 588. The monoisotopic (exact) mass is 352 g/mol. The standard InChI is InChI=1S/C18H25ClN2O3/c1-24-17-7-4-13(19)10-16(17)21-9-8-15(11-21)20-14-5-2-12(3-6-14)18(22)23/h4,7,10,12,14-15,20H,2-3,5-6,8-9,11H2,1H3,(H,22,23). The highest BCUT2D eigenvalue weighted by molar-refractivity contribution is 6.30. The molecule has 1 aliphatic heterocycles. The van der Waals surface area contributed by atoms with Crippen LogP contribution in [0.5, 0.6) is 5.75 Å². The zero-order chi connectivity index (χ0) is 17.1. The number of benzene rings is 1. The molecule has 0 spiro atoms. The van der Waals surface area contributed by atoms with Gasteiger partial charge < -0.3 is 20.1 Å². The van der Waals surface area contributed by atoms with Crippen molar-refractivity contribution >= 4 is 23.3 Å². The fraction of sp³-hybridized carbons (Fsp3) is 0.611. The summed E-state index contributed by atoms with van der Waals surface area (Å²) >= 11 is 6.14. The number of hydrogen-bond acceptors (Lipinski definition) is 4. The first-order valence-electron chi connectivity index (χ1n) is 8.64. The van der Waals surface area contributed by atoms with Gasteiger partial charge >= 0.3 is 5.97 Å². The maximum Gasteiger partial charge on any atom is 0.306 e. The number of nitrogens with one attached hydrogen (secondary N) is 1. The molecule has 6 heteroatoms. The van der Waals surface area contributed by atoms with Gasteiger partial charge in [-0.1, -0.05) is 11.6 Å². The summed E-state index contributed by atoms with van der Waals surface area (Å²) in [6.07, 6.45) is 4.55. The maximum absolute atomic E-state index is 11.0. The van der Waals surface area contributed by atoms with E-state index < -0.39 is 5.97 Å². The van der Waals surface area contributed by atoms with Gasteiger partial charge in [-0.2, -0.15) is 0 Å². The molecular weight excluding hydrogens is 328 g/mol. The quantitative estimate of drug-likeness (QED) is 0.852. The number of anilines is 1. The van der Waals surface area contributed by atoms with Crippen LogP contribution in [0.3, 0.4) is 0 Å². The van der Waals surface area contributed by atoms with Crippen LogP contribution in [0.15, 0.2) is 18.2 Å². The predicted octanol–water partition coefficient (Wildman–Crippen LogP) is 3.16. The third-order valence-electron chi connectivity index (χ3n) is 5.22. The molecule has 1 aromatic carbocycles. The molecule has 1 heterocycles. The van der Waals surface area contributed by atoms with Crippen molar-refractivity contribution in [2.45, 2.75) is 44.2 Å². The van der Waals surface area contributed by atoms with Crippen molar-refractivity contribution in [1.82, 2.24) is 5.32 Å². The zero-order valence-corrected chi connectivity index (χ0v) is 14.8. The van der Waals surface area contributed by atoms with Crippen molar-refractivity contribution in [3.63, 3.8) is 0 Å². The minimum absolute atomic E-state index is 0.154. The van der Waals surface area contributed by atoms with Gasteiger partial charge in [-0.25, -0.2) is 0 Å². The van der Waals surface area contributed by atoms with Gasteiger partial charge in [0.15, 0.2) is 0 Å². The Labute approximate surface area is 147 Å². The second-order valence-corrected chi connectivity index (χ2v) is 7.24. The molecule has 0 radical (unpaired) electrons. The molecule has 24 heavy (non-hydrogen) atoms. The number of nitrogens with zero attached hydrogens (tertiary/aromatic N) is 1. The summed E-state index contributed by atoms with van der Waals surface area (Å²) in [5.41, 5.74) is 1.05. The minimum Gasteiger partial charge on any atom is -0.495 e. The van der Waals surface area contributed by atoms with Gasteiger partial charge in [0.1, 0.15) is 5.75 Å². The van der Waals surface area contributed by atoms with Crippen LogP contribution in [0.2, 0.25) is 5.02 Å². The van der Waals surface area contributed by atoms with Crippen molar-refractivity contribution < 1.29 is 14.6 Å². The Hall–Kier alpha value is -1.46. The topological polar surface area (TPSA) is 61.8 Å². The minimum atomic E-state index is -0.645. The second-order valence-electron chi connectivity index (χ2n) is 6.80. The van der Waals surface area contributed by atoms with Crippen molar-refractivity contribution in [2.24, 2.45) is 5.92 Å². The number of methoxy groups -OCH3 is 1. The predicted molar refractivity (Wildman–Crippen MR) is 95.1 cm³/mol. The average Bonchev–Trinajstić information content (AvgIpc) is 3.03. The molecule has 3 rings (SSSR count). The number of carboxylic acid groups (broad SMARTS) is 1. The first kappa shape index (κ1) is 17.4. The normalized spacial score (nSPS) is 27.2. The van der Waals surface area contributed by atoms with Crippen LogP contribution in [0.25, 0.3) is 0 Å². The summed E-state index contributed by atoms with van der Waals surface area (Å²) in [6, 6.07) is 6.58. The van der Waals surface area contributed by atoms with E-state index >= 15 is 0 Å². The van der Waals surface area contributed by atoms with Crippen LogP contribution in [0.4, 0.5) is 5.69 Å². The highest BCUT2D eigenvalue weighted by Gasteiger charge is 2.30. The van der Waals surface area contributed by atoms with Gasteiger partial charge in [0.2, 0.25) is 0 Å². The number of aliphatic carboxylic acids is 1. The maximum atomic E-state index is 11.0. The van der Waals surface area contributed by atoms with Crippen LogP contribution in [0.1, 0.15) is 32.1 Å². The highest BCUT2D eigenvalue weighted by atomic mass is 35.5. The van der Waals surface area contributed by atoms with E-state index in [0.29, 0.717) is 17.1 Å². The van der Waals surface area contributed by atoms with Crippen LogP contribution >= 0.6 is 11.6 Å². The Morgan fingerprint density at radius 2 is 2.00 bits per heavy atom. The molecule has 1 atom stereocenters. The molecule has 2 fully saturated rings. The van der Waals surface area contributed by atoms with E-state index in [1.807, 2.05) is 18.2 Å². The van der Waals surface area contributed by atoms with Crippen molar-refractivity contribution in [1.29, 1.82) is 0 Å². The van der Waals surface area contributed by atoms with E-state index in [4.69, 9.17) is 21.4 Å². The van der Waals surface area contributed by atoms with Crippen molar-refractivity contribution in [3.8, 4) is 5.75 Å². The first-order chi connectivity index (χ1) is 11.6. The number of carboxylic acids is 1. The fourth-order valence-electron chi connectivity index (χ4n) is 3.87. The van der Waals surface area contributed by atoms with E-state index in [0.717, 1.165) is 56.6 Å². The Balaban J connectivity index is 1.55. The summed E-state index contributed by atoms with van der Waals surface area (Å²) in [6.45, 7) is 1.90. The van der Waals surface area contributed by atoms with Gasteiger partial charge in [0.05, 0.1) is 18.7 Å². The van der Waals surface area contributed by atoms with Crippen molar-refractivity contribution in [2.75, 3.05) is 25.1 Å². The summed E-state index contributed by atoms with van der Waals surface area (Å²) in [4.78, 5) is 13.4. The summed E-state index contributed by atoms with van der Waals surface area (Å²) in [7, 11) is 1.68. The van der Waals surface area contributed by atoms with E-state index in [9.17, 15) is 4.79 Å². The molecule has 2 aliphatic rings. The van der Waals surface area contributed by atoms with Gasteiger partial charge in [-0.3, -0.25) is 4.79 Å². The summed E-state index contributed by atoms with van der Waals surface area (Å²) < 4.78 is 5.46. The number of halogens is 1. The third kappa shape index (κ3) is 3.95. The molecule has 1 aromatic rings. The van der Waals surface area contributed by atoms with Crippen molar-refractivity contribution in [3.05, 3.63) is 23.2 Å². The molecule has 0 aromatic heterocycles. The number of rotatable bonds is 5. The largest absolute Gasteiger partial charge is 0.495 e. The molecule has 1 saturated heterocycles. The lowest BCUT2D eigenvalue weighted by atomic mass is 9.86. The van der Waals surface area contributed by atoms with E-state index in [1.165, 1.54) is 0 Å². The van der Waals surface area contributed by atoms with Gasteiger partial charge in [-0.05, 0) is 50.3 Å². The zero-order valence-electron chi connectivity index (χ0n) is 14.0. The second kappa shape index (κ2) is 7.62. The van der Waals surface area contributed by atoms with Crippen LogP contribution in [-0.2, 0) is 4.79 Å². The van der Waals surface area contributed by atoms with E-state index in [2.05, 4.69) is 10.2 Å². The molecule has 5 nitrogen and oxygen atoms in total. The summed E-state index contributed by atoms with van der Waals surface area (Å²) in [5.74, 6) is 0.0504. The number of ether oxygens (including phenoxy) is 1. The SMILES string of the molecule is COc1ccc(Cl)cc1N1CCC(NC2CCC(C(=O)O)CC2)C1. The van der Waals surface area contributed by atoms with Gasteiger partial charge in [0, 0.05) is 30.2 Å². The fourth-order valence-corrected chi connectivity index (χ4v) is 4.03.